The van der Waals surface area contributed by atoms with E-state index in [9.17, 15) is 19.2 Å². The van der Waals surface area contributed by atoms with Gasteiger partial charge in [-0.1, -0.05) is 52.7 Å². The third kappa shape index (κ3) is 5.51. The molecule has 35 heavy (non-hydrogen) atoms. The monoisotopic (exact) mass is 525 g/mol. The highest BCUT2D eigenvalue weighted by atomic mass is 35.5. The first-order chi connectivity index (χ1) is 16.8. The van der Waals surface area contributed by atoms with Gasteiger partial charge in [-0.2, -0.15) is 5.26 Å². The number of amides is 2. The Bertz CT molecular complexity index is 1370. The topological polar surface area (TPSA) is 73.2 Å². The van der Waals surface area contributed by atoms with Gasteiger partial charge in [0.15, 0.2) is 0 Å². The van der Waals surface area contributed by atoms with Gasteiger partial charge >= 0.3 is 0 Å². The van der Waals surface area contributed by atoms with E-state index in [1.165, 1.54) is 29.2 Å². The highest BCUT2D eigenvalue weighted by Gasteiger charge is 2.41. The van der Waals surface area contributed by atoms with E-state index in [-0.39, 0.29) is 22.9 Å². The SMILES string of the molecule is Cc1ccc(NC(=O)/C(C#N)=C2\S[C@H](Cc3cc(Cl)ccc3Cl)C(=O)N2c2ccc(F)cc2)cc1. The molecule has 4 rings (SSSR count). The first-order valence-corrected chi connectivity index (χ1v) is 12.1. The number of aryl methyl sites for hydroxylation is 1. The Hall–Kier alpha value is -3.31. The van der Waals surface area contributed by atoms with Crippen LogP contribution in [-0.4, -0.2) is 17.1 Å². The molecular weight excluding hydrogens is 508 g/mol. The van der Waals surface area contributed by atoms with Crippen molar-refractivity contribution in [1.29, 1.82) is 5.26 Å². The molecule has 0 radical (unpaired) electrons. The summed E-state index contributed by atoms with van der Waals surface area (Å²) in [5, 5.41) is 13.0. The molecule has 1 fully saturated rings. The Morgan fingerprint density at radius 1 is 1.11 bits per heavy atom. The number of carbonyl (C=O) groups is 2. The van der Waals surface area contributed by atoms with Gasteiger partial charge in [-0.3, -0.25) is 14.5 Å². The minimum Gasteiger partial charge on any atom is -0.321 e. The molecule has 1 atom stereocenters. The standard InChI is InChI=1S/C26H18Cl2FN3O2S/c1-15-2-7-19(8-3-15)31-24(33)21(14-30)26-32(20-9-5-18(29)6-10-20)25(34)23(35-26)13-16-12-17(27)4-11-22(16)28/h2-12,23H,13H2,1H3,(H,31,33)/b26-21-/t23-/m1/s1. The molecule has 0 aromatic heterocycles. The van der Waals surface area contributed by atoms with E-state index in [1.807, 2.05) is 25.1 Å². The Kier molecular flexibility index (Phi) is 7.46. The molecular formula is C26H18Cl2FN3O2S. The van der Waals surface area contributed by atoms with E-state index in [4.69, 9.17) is 23.2 Å². The van der Waals surface area contributed by atoms with Crippen LogP contribution < -0.4 is 10.2 Å². The fourth-order valence-corrected chi connectivity index (χ4v) is 5.23. The Balaban J connectivity index is 1.73. The van der Waals surface area contributed by atoms with E-state index >= 15 is 0 Å². The molecule has 2 amide bonds. The van der Waals surface area contributed by atoms with Crippen molar-refractivity contribution in [2.45, 2.75) is 18.6 Å². The van der Waals surface area contributed by atoms with Crippen LogP contribution in [0.1, 0.15) is 11.1 Å². The van der Waals surface area contributed by atoms with E-state index in [0.717, 1.165) is 17.3 Å². The molecule has 3 aromatic rings. The Labute approximate surface area is 216 Å². The van der Waals surface area contributed by atoms with Gasteiger partial charge in [-0.15, -0.1) is 0 Å². The van der Waals surface area contributed by atoms with Gasteiger partial charge in [0.1, 0.15) is 22.5 Å². The number of rotatable bonds is 5. The van der Waals surface area contributed by atoms with Gasteiger partial charge in [-0.25, -0.2) is 4.39 Å². The first-order valence-electron chi connectivity index (χ1n) is 10.5. The molecule has 1 N–H and O–H groups in total. The normalized spacial score (nSPS) is 16.7. The molecule has 1 saturated heterocycles. The lowest BCUT2D eigenvalue weighted by Gasteiger charge is -2.18. The Morgan fingerprint density at radius 3 is 2.46 bits per heavy atom. The van der Waals surface area contributed by atoms with E-state index < -0.39 is 17.0 Å². The maximum Gasteiger partial charge on any atom is 0.269 e. The first kappa shape index (κ1) is 24.8. The molecule has 0 saturated carbocycles. The summed E-state index contributed by atoms with van der Waals surface area (Å²) in [7, 11) is 0. The third-order valence-electron chi connectivity index (χ3n) is 5.31. The lowest BCUT2D eigenvalue weighted by molar-refractivity contribution is -0.117. The quantitative estimate of drug-likeness (QED) is 0.304. The summed E-state index contributed by atoms with van der Waals surface area (Å²) >= 11 is 13.5. The van der Waals surface area contributed by atoms with Gasteiger partial charge in [0.2, 0.25) is 5.91 Å². The molecule has 176 valence electrons. The molecule has 9 heteroatoms. The largest absolute Gasteiger partial charge is 0.321 e. The predicted molar refractivity (Wildman–Crippen MR) is 138 cm³/mol. The van der Waals surface area contributed by atoms with Gasteiger partial charge in [0.05, 0.1) is 5.25 Å². The molecule has 1 aliphatic rings. The number of hydrogen-bond acceptors (Lipinski definition) is 4. The summed E-state index contributed by atoms with van der Waals surface area (Å²) < 4.78 is 13.6. The highest BCUT2D eigenvalue weighted by Crippen LogP contribution is 2.42. The number of benzene rings is 3. The zero-order valence-corrected chi connectivity index (χ0v) is 20.7. The molecule has 3 aromatic carbocycles. The Morgan fingerprint density at radius 2 is 1.80 bits per heavy atom. The lowest BCUT2D eigenvalue weighted by atomic mass is 10.1. The van der Waals surface area contributed by atoms with Crippen LogP contribution in [-0.2, 0) is 16.0 Å². The second-order valence-electron chi connectivity index (χ2n) is 7.81. The fraction of sp³-hybridized carbons (Fsp3) is 0.115. The van der Waals surface area contributed by atoms with Crippen LogP contribution in [0.15, 0.2) is 77.3 Å². The van der Waals surface area contributed by atoms with Crippen molar-refractivity contribution >= 4 is 58.2 Å². The minimum absolute atomic E-state index is 0.164. The lowest BCUT2D eigenvalue weighted by Crippen LogP contribution is -2.31. The number of thioether (sulfide) groups is 1. The van der Waals surface area contributed by atoms with E-state index in [0.29, 0.717) is 27.0 Å². The fourth-order valence-electron chi connectivity index (χ4n) is 3.54. The second kappa shape index (κ2) is 10.5. The van der Waals surface area contributed by atoms with Crippen molar-refractivity contribution in [3.63, 3.8) is 0 Å². The van der Waals surface area contributed by atoms with Gasteiger partial charge in [0, 0.05) is 21.4 Å². The van der Waals surface area contributed by atoms with E-state index in [2.05, 4.69) is 5.32 Å². The van der Waals surface area contributed by atoms with Crippen molar-refractivity contribution in [3.8, 4) is 6.07 Å². The molecule has 1 aliphatic heterocycles. The number of nitrogens with one attached hydrogen (secondary N) is 1. The summed E-state index contributed by atoms with van der Waals surface area (Å²) in [6.45, 7) is 1.92. The smallest absolute Gasteiger partial charge is 0.269 e. The van der Waals surface area contributed by atoms with Crippen LogP contribution in [0.4, 0.5) is 15.8 Å². The average molecular weight is 526 g/mol. The second-order valence-corrected chi connectivity index (χ2v) is 9.84. The maximum atomic E-state index is 13.6. The minimum atomic E-state index is -0.679. The van der Waals surface area contributed by atoms with Gasteiger partial charge in [-0.05, 0) is 73.5 Å². The number of nitriles is 1. The maximum absolute atomic E-state index is 13.6. The number of carbonyl (C=O) groups excluding carboxylic acids is 2. The predicted octanol–water partition coefficient (Wildman–Crippen LogP) is 6.51. The van der Waals surface area contributed by atoms with Crippen molar-refractivity contribution in [2.24, 2.45) is 0 Å². The third-order valence-corrected chi connectivity index (χ3v) is 7.18. The molecule has 1 heterocycles. The van der Waals surface area contributed by atoms with Gasteiger partial charge in [0.25, 0.3) is 5.91 Å². The van der Waals surface area contributed by atoms with E-state index in [1.54, 1.807) is 30.3 Å². The number of hydrogen-bond donors (Lipinski definition) is 1. The molecule has 5 nitrogen and oxygen atoms in total. The van der Waals surface area contributed by atoms with Crippen molar-refractivity contribution in [2.75, 3.05) is 10.2 Å². The van der Waals surface area contributed by atoms with Crippen molar-refractivity contribution < 1.29 is 14.0 Å². The summed E-state index contributed by atoms with van der Waals surface area (Å²) in [4.78, 5) is 27.9. The zero-order valence-electron chi connectivity index (χ0n) is 18.4. The van der Waals surface area contributed by atoms with Crippen LogP contribution in [0.2, 0.25) is 10.0 Å². The zero-order chi connectivity index (χ0) is 25.1. The van der Waals surface area contributed by atoms with Crippen LogP contribution in [0.5, 0.6) is 0 Å². The highest BCUT2D eigenvalue weighted by molar-refractivity contribution is 8.05. The van der Waals surface area contributed by atoms with Crippen LogP contribution >= 0.6 is 35.0 Å². The number of anilines is 2. The van der Waals surface area contributed by atoms with Crippen molar-refractivity contribution in [3.05, 3.63) is 104 Å². The summed E-state index contributed by atoms with van der Waals surface area (Å²) in [5.74, 6) is -1.48. The number of nitrogens with zero attached hydrogens (tertiary/aromatic N) is 2. The molecule has 0 unspecified atom stereocenters. The molecule has 0 aliphatic carbocycles. The van der Waals surface area contributed by atoms with Crippen LogP contribution in [0.3, 0.4) is 0 Å². The number of halogens is 3. The van der Waals surface area contributed by atoms with Crippen molar-refractivity contribution in [1.82, 2.24) is 0 Å². The summed E-state index contributed by atoms with van der Waals surface area (Å²) in [6, 6.07) is 19.3. The summed E-state index contributed by atoms with van der Waals surface area (Å²) in [6.07, 6.45) is 0.225. The summed E-state index contributed by atoms with van der Waals surface area (Å²) in [5.41, 5.74) is 2.30. The average Bonchev–Trinajstić information content (AvgIpc) is 3.14. The van der Waals surface area contributed by atoms with Crippen LogP contribution in [0.25, 0.3) is 0 Å². The van der Waals surface area contributed by atoms with Crippen LogP contribution in [0, 0.1) is 24.1 Å². The molecule has 0 spiro atoms. The molecule has 0 bridgehead atoms. The van der Waals surface area contributed by atoms with Gasteiger partial charge < -0.3 is 5.32 Å².